The molecule has 1 heterocycles. The van der Waals surface area contributed by atoms with E-state index < -0.39 is 0 Å². The summed E-state index contributed by atoms with van der Waals surface area (Å²) < 4.78 is 5.22. The van der Waals surface area contributed by atoms with E-state index in [1.807, 2.05) is 19.9 Å². The average molecular weight is 152 g/mol. The molecule has 1 aromatic heterocycles. The first kappa shape index (κ1) is 8.05. The van der Waals surface area contributed by atoms with Crippen molar-refractivity contribution in [2.75, 3.05) is 0 Å². The summed E-state index contributed by atoms with van der Waals surface area (Å²) in [4.78, 5) is 10.9. The standard InChI is InChI=1S/C9H12O2/c1-4-8-5-6(2)11-9(8)7(3)10/h5H,4H2,1-3H3. The second-order valence-corrected chi connectivity index (χ2v) is 2.62. The van der Waals surface area contributed by atoms with Gasteiger partial charge in [-0.3, -0.25) is 4.79 Å². The van der Waals surface area contributed by atoms with Crippen LogP contribution in [0.5, 0.6) is 0 Å². The number of rotatable bonds is 2. The molecule has 0 saturated heterocycles. The topological polar surface area (TPSA) is 30.2 Å². The Morgan fingerprint density at radius 2 is 2.27 bits per heavy atom. The number of hydrogen-bond donors (Lipinski definition) is 0. The molecule has 0 fully saturated rings. The lowest BCUT2D eigenvalue weighted by Gasteiger charge is -1.91. The molecule has 1 rings (SSSR count). The first-order valence-electron chi connectivity index (χ1n) is 3.75. The molecule has 0 saturated carbocycles. The highest BCUT2D eigenvalue weighted by Gasteiger charge is 2.10. The van der Waals surface area contributed by atoms with Gasteiger partial charge < -0.3 is 4.42 Å². The number of carbonyl (C=O) groups is 1. The van der Waals surface area contributed by atoms with E-state index in [2.05, 4.69) is 0 Å². The molecule has 0 spiro atoms. The van der Waals surface area contributed by atoms with E-state index in [-0.39, 0.29) is 5.78 Å². The molecule has 11 heavy (non-hydrogen) atoms. The number of furan rings is 1. The lowest BCUT2D eigenvalue weighted by molar-refractivity contribution is 0.0985. The molecular formula is C9H12O2. The minimum atomic E-state index is 0.00921. The monoisotopic (exact) mass is 152 g/mol. The third-order valence-corrected chi connectivity index (χ3v) is 1.63. The van der Waals surface area contributed by atoms with E-state index in [4.69, 9.17) is 4.42 Å². The van der Waals surface area contributed by atoms with Crippen molar-refractivity contribution in [2.24, 2.45) is 0 Å². The molecule has 0 aliphatic rings. The SMILES string of the molecule is CCc1cc(C)oc1C(C)=O. The largest absolute Gasteiger partial charge is 0.458 e. The Labute approximate surface area is 66.2 Å². The van der Waals surface area contributed by atoms with Gasteiger partial charge in [0.2, 0.25) is 0 Å². The van der Waals surface area contributed by atoms with Gasteiger partial charge in [-0.05, 0) is 19.4 Å². The smallest absolute Gasteiger partial charge is 0.195 e. The maximum absolute atomic E-state index is 10.9. The molecule has 0 aliphatic carbocycles. The number of carbonyl (C=O) groups excluding carboxylic acids is 1. The molecule has 0 unspecified atom stereocenters. The van der Waals surface area contributed by atoms with Gasteiger partial charge in [0.05, 0.1) is 0 Å². The molecule has 2 nitrogen and oxygen atoms in total. The second-order valence-electron chi connectivity index (χ2n) is 2.62. The van der Waals surface area contributed by atoms with Crippen LogP contribution in [0.25, 0.3) is 0 Å². The number of hydrogen-bond acceptors (Lipinski definition) is 2. The maximum Gasteiger partial charge on any atom is 0.195 e. The van der Waals surface area contributed by atoms with E-state index in [1.54, 1.807) is 0 Å². The minimum absolute atomic E-state index is 0.00921. The Balaban J connectivity index is 3.12. The van der Waals surface area contributed by atoms with Crippen LogP contribution in [0.3, 0.4) is 0 Å². The van der Waals surface area contributed by atoms with Gasteiger partial charge in [-0.25, -0.2) is 0 Å². The summed E-state index contributed by atoms with van der Waals surface area (Å²) in [5, 5.41) is 0. The third kappa shape index (κ3) is 1.50. The summed E-state index contributed by atoms with van der Waals surface area (Å²) in [6, 6.07) is 1.91. The quantitative estimate of drug-likeness (QED) is 0.609. The predicted molar refractivity (Wildman–Crippen MR) is 42.8 cm³/mol. The van der Waals surface area contributed by atoms with Crippen LogP contribution in [0.2, 0.25) is 0 Å². The Bertz CT molecular complexity index is 271. The Kier molecular flexibility index (Phi) is 2.13. The highest BCUT2D eigenvalue weighted by molar-refractivity contribution is 5.92. The van der Waals surface area contributed by atoms with Crippen molar-refractivity contribution in [3.63, 3.8) is 0 Å². The van der Waals surface area contributed by atoms with Crippen LogP contribution in [0.1, 0.15) is 35.7 Å². The van der Waals surface area contributed by atoms with Gasteiger partial charge >= 0.3 is 0 Å². The molecule has 0 N–H and O–H groups in total. The summed E-state index contributed by atoms with van der Waals surface area (Å²) >= 11 is 0. The van der Waals surface area contributed by atoms with Crippen LogP contribution in [0, 0.1) is 6.92 Å². The molecule has 2 heteroatoms. The van der Waals surface area contributed by atoms with Crippen LogP contribution >= 0.6 is 0 Å². The van der Waals surface area contributed by atoms with Gasteiger partial charge in [0.1, 0.15) is 5.76 Å². The van der Waals surface area contributed by atoms with Crippen LogP contribution in [-0.4, -0.2) is 5.78 Å². The highest BCUT2D eigenvalue weighted by atomic mass is 16.3. The number of aryl methyl sites for hydroxylation is 2. The Hall–Kier alpha value is -1.05. The lowest BCUT2D eigenvalue weighted by Crippen LogP contribution is -1.93. The van der Waals surface area contributed by atoms with E-state index in [0.717, 1.165) is 17.7 Å². The highest BCUT2D eigenvalue weighted by Crippen LogP contribution is 2.15. The van der Waals surface area contributed by atoms with E-state index in [9.17, 15) is 4.79 Å². The zero-order valence-electron chi connectivity index (χ0n) is 7.10. The zero-order valence-corrected chi connectivity index (χ0v) is 7.10. The van der Waals surface area contributed by atoms with Crippen molar-refractivity contribution >= 4 is 5.78 Å². The van der Waals surface area contributed by atoms with Crippen LogP contribution in [-0.2, 0) is 6.42 Å². The predicted octanol–water partition coefficient (Wildman–Crippen LogP) is 2.35. The fourth-order valence-corrected chi connectivity index (χ4v) is 1.13. The van der Waals surface area contributed by atoms with Crippen LogP contribution < -0.4 is 0 Å². The third-order valence-electron chi connectivity index (χ3n) is 1.63. The number of Topliss-reactive ketones (excluding diaryl/α,β-unsaturated/α-hetero) is 1. The van der Waals surface area contributed by atoms with E-state index in [1.165, 1.54) is 6.92 Å². The van der Waals surface area contributed by atoms with Crippen molar-refractivity contribution in [3.05, 3.63) is 23.2 Å². The second kappa shape index (κ2) is 2.91. The van der Waals surface area contributed by atoms with Crippen molar-refractivity contribution < 1.29 is 9.21 Å². The summed E-state index contributed by atoms with van der Waals surface area (Å²) in [6.45, 7) is 5.39. The van der Waals surface area contributed by atoms with Crippen molar-refractivity contribution in [1.82, 2.24) is 0 Å². The van der Waals surface area contributed by atoms with Crippen molar-refractivity contribution in [3.8, 4) is 0 Å². The fourth-order valence-electron chi connectivity index (χ4n) is 1.13. The Morgan fingerprint density at radius 3 is 2.64 bits per heavy atom. The minimum Gasteiger partial charge on any atom is -0.458 e. The molecule has 0 atom stereocenters. The zero-order chi connectivity index (χ0) is 8.43. The molecule has 0 aromatic carbocycles. The summed E-state index contributed by atoms with van der Waals surface area (Å²) in [6.07, 6.45) is 0.853. The molecule has 1 aromatic rings. The van der Waals surface area contributed by atoms with Crippen LogP contribution in [0.15, 0.2) is 10.5 Å². The number of ketones is 1. The van der Waals surface area contributed by atoms with Gasteiger partial charge in [0.25, 0.3) is 0 Å². The molecule has 0 aliphatic heterocycles. The summed E-state index contributed by atoms with van der Waals surface area (Å²) in [7, 11) is 0. The molecular weight excluding hydrogens is 140 g/mol. The first-order valence-corrected chi connectivity index (χ1v) is 3.75. The van der Waals surface area contributed by atoms with E-state index >= 15 is 0 Å². The molecule has 60 valence electrons. The summed E-state index contributed by atoms with van der Waals surface area (Å²) in [5.74, 6) is 1.34. The van der Waals surface area contributed by atoms with Gasteiger partial charge in [-0.2, -0.15) is 0 Å². The maximum atomic E-state index is 10.9. The van der Waals surface area contributed by atoms with E-state index in [0.29, 0.717) is 5.76 Å². The molecule has 0 amide bonds. The Morgan fingerprint density at radius 1 is 1.64 bits per heavy atom. The normalized spacial score (nSPS) is 10.1. The van der Waals surface area contributed by atoms with Crippen molar-refractivity contribution in [2.45, 2.75) is 27.2 Å². The van der Waals surface area contributed by atoms with Gasteiger partial charge in [-0.15, -0.1) is 0 Å². The lowest BCUT2D eigenvalue weighted by atomic mass is 10.1. The first-order chi connectivity index (χ1) is 5.15. The average Bonchev–Trinajstić information content (AvgIpc) is 2.30. The molecule has 0 radical (unpaired) electrons. The van der Waals surface area contributed by atoms with Crippen LogP contribution in [0.4, 0.5) is 0 Å². The summed E-state index contributed by atoms with van der Waals surface area (Å²) in [5.41, 5.74) is 1.01. The van der Waals surface area contributed by atoms with Crippen molar-refractivity contribution in [1.29, 1.82) is 0 Å². The van der Waals surface area contributed by atoms with Gasteiger partial charge in [0, 0.05) is 12.5 Å². The molecule has 0 bridgehead atoms. The van der Waals surface area contributed by atoms with Gasteiger partial charge in [0.15, 0.2) is 11.5 Å². The fraction of sp³-hybridized carbons (Fsp3) is 0.444. The van der Waals surface area contributed by atoms with Gasteiger partial charge in [-0.1, -0.05) is 6.92 Å².